The van der Waals surface area contributed by atoms with E-state index < -0.39 is 12.2 Å². The molecule has 2 amide bonds. The molecule has 1 aromatic carbocycles. The number of alkyl halides is 1. The van der Waals surface area contributed by atoms with Gasteiger partial charge in [-0.05, 0) is 43.5 Å². The van der Waals surface area contributed by atoms with E-state index in [1.54, 1.807) is 29.2 Å². The van der Waals surface area contributed by atoms with Crippen molar-refractivity contribution in [3.8, 4) is 0 Å². The van der Waals surface area contributed by atoms with Gasteiger partial charge in [-0.2, -0.15) is 0 Å². The average Bonchev–Trinajstić information content (AvgIpc) is 2.97. The second kappa shape index (κ2) is 6.87. The predicted octanol–water partition coefficient (Wildman–Crippen LogP) is 2.91. The molecule has 124 valence electrons. The molecule has 3 rings (SSSR count). The molecule has 0 aliphatic carbocycles. The van der Waals surface area contributed by atoms with E-state index in [0.29, 0.717) is 23.7 Å². The molecular formula is C17H20ClFN2O2. The second-order valence-electron chi connectivity index (χ2n) is 6.20. The molecule has 2 aliphatic heterocycles. The van der Waals surface area contributed by atoms with Crippen molar-refractivity contribution in [3.05, 3.63) is 34.9 Å². The van der Waals surface area contributed by atoms with Gasteiger partial charge >= 0.3 is 0 Å². The number of rotatable bonds is 2. The molecule has 0 unspecified atom stereocenters. The zero-order valence-electron chi connectivity index (χ0n) is 12.9. The molecule has 23 heavy (non-hydrogen) atoms. The quantitative estimate of drug-likeness (QED) is 0.832. The highest BCUT2D eigenvalue weighted by atomic mass is 35.5. The summed E-state index contributed by atoms with van der Waals surface area (Å²) in [5.41, 5.74) is 0.431. The summed E-state index contributed by atoms with van der Waals surface area (Å²) < 4.78 is 13.9. The Hall–Kier alpha value is -1.62. The van der Waals surface area contributed by atoms with Crippen LogP contribution in [-0.4, -0.2) is 53.5 Å². The monoisotopic (exact) mass is 338 g/mol. The second-order valence-corrected chi connectivity index (χ2v) is 6.64. The van der Waals surface area contributed by atoms with E-state index in [1.165, 1.54) is 4.90 Å². The maximum Gasteiger partial charge on any atom is 0.254 e. The Balaban J connectivity index is 1.77. The zero-order chi connectivity index (χ0) is 16.4. The van der Waals surface area contributed by atoms with Crippen molar-refractivity contribution in [2.45, 2.75) is 37.9 Å². The first kappa shape index (κ1) is 16.2. The van der Waals surface area contributed by atoms with Crippen LogP contribution in [0.2, 0.25) is 5.02 Å². The van der Waals surface area contributed by atoms with Gasteiger partial charge in [0.15, 0.2) is 0 Å². The van der Waals surface area contributed by atoms with Gasteiger partial charge in [-0.15, -0.1) is 0 Å². The number of nitrogens with zero attached hydrogens (tertiary/aromatic N) is 2. The molecule has 0 radical (unpaired) electrons. The Kier molecular flexibility index (Phi) is 4.85. The molecule has 2 saturated heterocycles. The maximum atomic E-state index is 13.9. The summed E-state index contributed by atoms with van der Waals surface area (Å²) >= 11 is 5.83. The number of carbonyl (C=O) groups is 2. The van der Waals surface area contributed by atoms with Gasteiger partial charge in [0, 0.05) is 30.1 Å². The van der Waals surface area contributed by atoms with E-state index in [4.69, 9.17) is 11.6 Å². The SMILES string of the molecule is O=C([C@@H]1C[C@H](F)CN1C(=O)c1ccc(Cl)cc1)N1CCCCC1. The van der Waals surface area contributed by atoms with Crippen LogP contribution in [0, 0.1) is 0 Å². The highest BCUT2D eigenvalue weighted by molar-refractivity contribution is 6.30. The van der Waals surface area contributed by atoms with Gasteiger partial charge < -0.3 is 9.80 Å². The lowest BCUT2D eigenvalue weighted by atomic mass is 10.1. The van der Waals surface area contributed by atoms with Crippen molar-refractivity contribution >= 4 is 23.4 Å². The van der Waals surface area contributed by atoms with Crippen LogP contribution in [0.5, 0.6) is 0 Å². The average molecular weight is 339 g/mol. The summed E-state index contributed by atoms with van der Waals surface area (Å²) in [6.45, 7) is 1.39. The highest BCUT2D eigenvalue weighted by Crippen LogP contribution is 2.26. The number of halogens is 2. The van der Waals surface area contributed by atoms with E-state index in [9.17, 15) is 14.0 Å². The molecule has 2 atom stereocenters. The fourth-order valence-electron chi connectivity index (χ4n) is 3.33. The lowest BCUT2D eigenvalue weighted by molar-refractivity contribution is -0.136. The van der Waals surface area contributed by atoms with Crippen LogP contribution < -0.4 is 0 Å². The number of amides is 2. The molecule has 2 fully saturated rings. The molecule has 0 saturated carbocycles. The molecule has 0 N–H and O–H groups in total. The summed E-state index contributed by atoms with van der Waals surface area (Å²) in [5.74, 6) is -0.427. The van der Waals surface area contributed by atoms with Crippen LogP contribution in [0.3, 0.4) is 0 Å². The van der Waals surface area contributed by atoms with Gasteiger partial charge in [-0.25, -0.2) is 4.39 Å². The van der Waals surface area contributed by atoms with Crippen molar-refractivity contribution in [2.75, 3.05) is 19.6 Å². The molecule has 1 aromatic rings. The summed E-state index contributed by atoms with van der Waals surface area (Å²) in [5, 5.41) is 0.535. The first-order valence-corrected chi connectivity index (χ1v) is 8.43. The third-order valence-corrected chi connectivity index (χ3v) is 4.81. The molecule has 2 aliphatic rings. The minimum absolute atomic E-state index is 0.0221. The Morgan fingerprint density at radius 2 is 1.74 bits per heavy atom. The number of benzene rings is 1. The van der Waals surface area contributed by atoms with Crippen LogP contribution in [-0.2, 0) is 4.79 Å². The Morgan fingerprint density at radius 3 is 2.39 bits per heavy atom. The van der Waals surface area contributed by atoms with Gasteiger partial charge in [-0.1, -0.05) is 11.6 Å². The van der Waals surface area contributed by atoms with Crippen LogP contribution in [0.25, 0.3) is 0 Å². The third-order valence-electron chi connectivity index (χ3n) is 4.55. The van der Waals surface area contributed by atoms with Crippen LogP contribution in [0.1, 0.15) is 36.0 Å². The van der Waals surface area contributed by atoms with Gasteiger partial charge in [-0.3, -0.25) is 9.59 Å². The van der Waals surface area contributed by atoms with E-state index in [0.717, 1.165) is 19.3 Å². The topological polar surface area (TPSA) is 40.6 Å². The molecular weight excluding hydrogens is 319 g/mol. The van der Waals surface area contributed by atoms with E-state index >= 15 is 0 Å². The standard InChI is InChI=1S/C17H20ClFN2O2/c18-13-6-4-12(5-7-13)16(22)21-11-14(19)10-15(21)17(23)20-8-2-1-3-9-20/h4-7,14-15H,1-3,8-11H2/t14-,15-/m0/s1. The van der Waals surface area contributed by atoms with Crippen LogP contribution in [0.4, 0.5) is 4.39 Å². The lowest BCUT2D eigenvalue weighted by Crippen LogP contribution is -2.49. The number of piperidine rings is 1. The molecule has 0 bridgehead atoms. The molecule has 4 nitrogen and oxygen atoms in total. The lowest BCUT2D eigenvalue weighted by Gasteiger charge is -2.32. The van der Waals surface area contributed by atoms with Gasteiger partial charge in [0.1, 0.15) is 12.2 Å². The normalized spacial score (nSPS) is 24.8. The molecule has 6 heteroatoms. The maximum absolute atomic E-state index is 13.9. The first-order valence-electron chi connectivity index (χ1n) is 8.05. The highest BCUT2D eigenvalue weighted by Gasteiger charge is 2.41. The smallest absolute Gasteiger partial charge is 0.254 e. The summed E-state index contributed by atoms with van der Waals surface area (Å²) in [7, 11) is 0. The van der Waals surface area contributed by atoms with Crippen LogP contribution >= 0.6 is 11.6 Å². The van der Waals surface area contributed by atoms with Gasteiger partial charge in [0.05, 0.1) is 6.54 Å². The van der Waals surface area contributed by atoms with Crippen molar-refractivity contribution in [2.24, 2.45) is 0 Å². The van der Waals surface area contributed by atoms with Crippen molar-refractivity contribution in [3.63, 3.8) is 0 Å². The third kappa shape index (κ3) is 3.50. The summed E-state index contributed by atoms with van der Waals surface area (Å²) in [6.07, 6.45) is 2.01. The van der Waals surface area contributed by atoms with Crippen LogP contribution in [0.15, 0.2) is 24.3 Å². The van der Waals surface area contributed by atoms with E-state index in [-0.39, 0.29) is 24.8 Å². The molecule has 0 aromatic heterocycles. The predicted molar refractivity (Wildman–Crippen MR) is 86.2 cm³/mol. The zero-order valence-corrected chi connectivity index (χ0v) is 13.6. The van der Waals surface area contributed by atoms with Gasteiger partial charge in [0.25, 0.3) is 5.91 Å². The molecule has 0 spiro atoms. The number of hydrogen-bond donors (Lipinski definition) is 0. The minimum atomic E-state index is -1.15. The number of carbonyl (C=O) groups excluding carboxylic acids is 2. The number of likely N-dealkylation sites (tertiary alicyclic amines) is 2. The number of hydrogen-bond acceptors (Lipinski definition) is 2. The summed E-state index contributed by atoms with van der Waals surface area (Å²) in [6, 6.07) is 5.78. The Labute approximate surface area is 140 Å². The fraction of sp³-hybridized carbons (Fsp3) is 0.529. The fourth-order valence-corrected chi connectivity index (χ4v) is 3.45. The van der Waals surface area contributed by atoms with Gasteiger partial charge in [0.2, 0.25) is 5.91 Å². The van der Waals surface area contributed by atoms with E-state index in [2.05, 4.69) is 0 Å². The largest absolute Gasteiger partial charge is 0.341 e. The summed E-state index contributed by atoms with van der Waals surface area (Å²) in [4.78, 5) is 28.5. The Bertz CT molecular complexity index is 587. The minimum Gasteiger partial charge on any atom is -0.341 e. The Morgan fingerprint density at radius 1 is 1.09 bits per heavy atom. The first-order chi connectivity index (χ1) is 11.1. The molecule has 2 heterocycles. The van der Waals surface area contributed by atoms with E-state index in [1.807, 2.05) is 0 Å². The van der Waals surface area contributed by atoms with Crippen molar-refractivity contribution < 1.29 is 14.0 Å². The van der Waals surface area contributed by atoms with Crippen molar-refractivity contribution in [1.82, 2.24) is 9.80 Å². The van der Waals surface area contributed by atoms with Crippen molar-refractivity contribution in [1.29, 1.82) is 0 Å².